The Balaban J connectivity index is 4.21. The normalized spacial score (nSPS) is 12.0. The van der Waals surface area contributed by atoms with Crippen LogP contribution < -0.4 is 0 Å². The Labute approximate surface area is 399 Å². The molecule has 0 fully saturated rings. The van der Waals surface area contributed by atoms with Gasteiger partial charge in [0.25, 0.3) is 0 Å². The highest BCUT2D eigenvalue weighted by Crippen LogP contribution is 2.18. The van der Waals surface area contributed by atoms with Gasteiger partial charge < -0.3 is 14.2 Å². The molecule has 0 radical (unpaired) electrons. The van der Waals surface area contributed by atoms with Gasteiger partial charge >= 0.3 is 17.9 Å². The number of unbranched alkanes of at least 4 members (excludes halogenated alkanes) is 40. The molecule has 0 unspecified atom stereocenters. The molecule has 0 aliphatic heterocycles. The predicted molar refractivity (Wildman–Crippen MR) is 275 cm³/mol. The summed E-state index contributed by atoms with van der Waals surface area (Å²) >= 11 is 0. The topological polar surface area (TPSA) is 78.9 Å². The van der Waals surface area contributed by atoms with Crippen LogP contribution in [-0.4, -0.2) is 37.2 Å². The maximum absolute atomic E-state index is 12.8. The van der Waals surface area contributed by atoms with Gasteiger partial charge in [0.05, 0.1) is 0 Å². The molecule has 1 atom stereocenters. The van der Waals surface area contributed by atoms with Gasteiger partial charge in [0, 0.05) is 19.3 Å². The van der Waals surface area contributed by atoms with Gasteiger partial charge in [0.15, 0.2) is 6.10 Å². The largest absolute Gasteiger partial charge is 0.462 e. The summed E-state index contributed by atoms with van der Waals surface area (Å²) in [4.78, 5) is 38.1. The van der Waals surface area contributed by atoms with Gasteiger partial charge in [0.1, 0.15) is 13.2 Å². The number of carbonyl (C=O) groups excluding carboxylic acids is 3. The highest BCUT2D eigenvalue weighted by atomic mass is 16.6. The molecule has 380 valence electrons. The molecule has 0 N–H and O–H groups in total. The average molecular weight is 906 g/mol. The Hall–Kier alpha value is -1.59. The SMILES string of the molecule is CCCCCCCCCCCCCCCC(=O)OC[C@H](COC(=O)CCCCCCCCCCCCCCCCCCCCC(C)C)OC(=O)CCCCCCCCCCCCCC. The van der Waals surface area contributed by atoms with Crippen LogP contribution in [0.4, 0.5) is 0 Å². The Morgan fingerprint density at radius 3 is 0.766 bits per heavy atom. The average Bonchev–Trinajstić information content (AvgIpc) is 3.28. The van der Waals surface area contributed by atoms with Crippen molar-refractivity contribution in [1.29, 1.82) is 0 Å². The molecule has 0 saturated carbocycles. The molecule has 0 bridgehead atoms. The maximum Gasteiger partial charge on any atom is 0.306 e. The fourth-order valence-corrected chi connectivity index (χ4v) is 8.92. The predicted octanol–water partition coefficient (Wildman–Crippen LogP) is 19.0. The molecule has 0 aromatic carbocycles. The molecule has 6 heteroatoms. The van der Waals surface area contributed by atoms with Crippen LogP contribution in [0.1, 0.15) is 329 Å². The van der Waals surface area contributed by atoms with Crippen molar-refractivity contribution < 1.29 is 28.6 Å². The third-order valence-electron chi connectivity index (χ3n) is 13.3. The van der Waals surface area contributed by atoms with Gasteiger partial charge in [-0.25, -0.2) is 0 Å². The molecule has 0 amide bonds. The lowest BCUT2D eigenvalue weighted by Crippen LogP contribution is -2.30. The van der Waals surface area contributed by atoms with Crippen molar-refractivity contribution in [1.82, 2.24) is 0 Å². The van der Waals surface area contributed by atoms with Crippen molar-refractivity contribution in [3.8, 4) is 0 Å². The molecule has 0 rings (SSSR count). The molecule has 0 saturated heterocycles. The number of carbonyl (C=O) groups is 3. The second-order valence-corrected chi connectivity index (χ2v) is 20.4. The third kappa shape index (κ3) is 51.4. The first kappa shape index (κ1) is 62.4. The lowest BCUT2D eigenvalue weighted by molar-refractivity contribution is -0.167. The van der Waals surface area contributed by atoms with Gasteiger partial charge in [-0.2, -0.15) is 0 Å². The minimum absolute atomic E-state index is 0.0618. The summed E-state index contributed by atoms with van der Waals surface area (Å²) in [6.45, 7) is 9.07. The van der Waals surface area contributed by atoms with Crippen LogP contribution in [0.15, 0.2) is 0 Å². The molecule has 0 spiro atoms. The minimum Gasteiger partial charge on any atom is -0.462 e. The van der Waals surface area contributed by atoms with E-state index in [1.807, 2.05) is 0 Å². The zero-order valence-corrected chi connectivity index (χ0v) is 43.8. The van der Waals surface area contributed by atoms with Crippen LogP contribution in [0.5, 0.6) is 0 Å². The van der Waals surface area contributed by atoms with Crippen LogP contribution >= 0.6 is 0 Å². The lowest BCUT2D eigenvalue weighted by atomic mass is 10.0. The second-order valence-electron chi connectivity index (χ2n) is 20.4. The molecule has 6 nitrogen and oxygen atoms in total. The Morgan fingerprint density at radius 1 is 0.297 bits per heavy atom. The molecule has 0 aliphatic carbocycles. The van der Waals surface area contributed by atoms with E-state index in [2.05, 4.69) is 27.7 Å². The minimum atomic E-state index is -0.761. The van der Waals surface area contributed by atoms with Gasteiger partial charge in [-0.1, -0.05) is 291 Å². The first-order valence-electron chi connectivity index (χ1n) is 28.9. The van der Waals surface area contributed by atoms with Crippen molar-refractivity contribution in [3.63, 3.8) is 0 Å². The van der Waals surface area contributed by atoms with Gasteiger partial charge in [-0.3, -0.25) is 14.4 Å². The fraction of sp³-hybridized carbons (Fsp3) is 0.948. The zero-order valence-electron chi connectivity index (χ0n) is 43.8. The Bertz CT molecular complexity index is 964. The molecule has 0 aromatic rings. The summed E-state index contributed by atoms with van der Waals surface area (Å²) in [7, 11) is 0. The van der Waals surface area contributed by atoms with Crippen molar-refractivity contribution in [2.24, 2.45) is 5.92 Å². The molecule has 0 heterocycles. The maximum atomic E-state index is 12.8. The van der Waals surface area contributed by atoms with E-state index in [4.69, 9.17) is 14.2 Å². The van der Waals surface area contributed by atoms with Gasteiger partial charge in [0.2, 0.25) is 0 Å². The number of ether oxygens (including phenoxy) is 3. The molecular weight excluding hydrogens is 793 g/mol. The number of hydrogen-bond acceptors (Lipinski definition) is 6. The number of esters is 3. The van der Waals surface area contributed by atoms with Gasteiger partial charge in [-0.15, -0.1) is 0 Å². The van der Waals surface area contributed by atoms with Crippen molar-refractivity contribution in [2.45, 2.75) is 336 Å². The molecule has 64 heavy (non-hydrogen) atoms. The quantitative estimate of drug-likeness (QED) is 0.0344. The monoisotopic (exact) mass is 905 g/mol. The van der Waals surface area contributed by atoms with Crippen LogP contribution in [0.3, 0.4) is 0 Å². The first-order valence-corrected chi connectivity index (χ1v) is 28.9. The highest BCUT2D eigenvalue weighted by Gasteiger charge is 2.19. The smallest absolute Gasteiger partial charge is 0.306 e. The van der Waals surface area contributed by atoms with E-state index >= 15 is 0 Å². The summed E-state index contributed by atoms with van der Waals surface area (Å²) in [6.07, 6.45) is 56.7. The fourth-order valence-electron chi connectivity index (χ4n) is 8.92. The number of rotatable bonds is 53. The van der Waals surface area contributed by atoms with Crippen molar-refractivity contribution in [3.05, 3.63) is 0 Å². The van der Waals surface area contributed by atoms with Crippen LogP contribution in [0.25, 0.3) is 0 Å². The summed E-state index contributed by atoms with van der Waals surface area (Å²) in [6, 6.07) is 0. The molecule has 0 aliphatic rings. The van der Waals surface area contributed by atoms with Crippen LogP contribution in [-0.2, 0) is 28.6 Å². The summed E-state index contributed by atoms with van der Waals surface area (Å²) in [5, 5.41) is 0. The summed E-state index contributed by atoms with van der Waals surface area (Å²) in [5.41, 5.74) is 0. The summed E-state index contributed by atoms with van der Waals surface area (Å²) < 4.78 is 16.9. The zero-order chi connectivity index (χ0) is 46.7. The van der Waals surface area contributed by atoms with Crippen molar-refractivity contribution >= 4 is 17.9 Å². The van der Waals surface area contributed by atoms with E-state index < -0.39 is 6.10 Å². The Morgan fingerprint density at radius 2 is 0.516 bits per heavy atom. The second kappa shape index (κ2) is 52.4. The summed E-state index contributed by atoms with van der Waals surface area (Å²) in [5.74, 6) is 0.0229. The Kier molecular flexibility index (Phi) is 51.1. The lowest BCUT2D eigenvalue weighted by Gasteiger charge is -2.18. The highest BCUT2D eigenvalue weighted by molar-refractivity contribution is 5.71. The van der Waals surface area contributed by atoms with Gasteiger partial charge in [-0.05, 0) is 25.2 Å². The van der Waals surface area contributed by atoms with E-state index in [0.29, 0.717) is 19.3 Å². The first-order chi connectivity index (χ1) is 31.4. The van der Waals surface area contributed by atoms with E-state index in [0.717, 1.165) is 63.7 Å². The third-order valence-corrected chi connectivity index (χ3v) is 13.3. The number of hydrogen-bond donors (Lipinski definition) is 0. The van der Waals surface area contributed by atoms with E-state index in [9.17, 15) is 14.4 Å². The van der Waals surface area contributed by atoms with E-state index in [1.54, 1.807) is 0 Å². The van der Waals surface area contributed by atoms with E-state index in [-0.39, 0.29) is 31.1 Å². The van der Waals surface area contributed by atoms with Crippen LogP contribution in [0.2, 0.25) is 0 Å². The van der Waals surface area contributed by atoms with Crippen molar-refractivity contribution in [2.75, 3.05) is 13.2 Å². The molecule has 0 aromatic heterocycles. The van der Waals surface area contributed by atoms with E-state index in [1.165, 1.54) is 225 Å². The molecular formula is C58H112O6. The standard InChI is InChI=1S/C58H112O6/c1-5-7-9-11-13-15-17-25-30-33-37-41-45-49-56(59)62-52-55(64-58(61)51-47-43-39-35-29-18-16-14-12-10-8-6-2)53-63-57(60)50-46-42-38-34-31-27-24-22-20-19-21-23-26-28-32-36-40-44-48-54(3)4/h54-55H,5-53H2,1-4H3/t55-/m1/s1. The van der Waals surface area contributed by atoms with Crippen LogP contribution in [0, 0.1) is 5.92 Å².